The molecular weight excluding hydrogens is 246 g/mol. The molecule has 0 unspecified atom stereocenters. The van der Waals surface area contributed by atoms with E-state index in [1.807, 2.05) is 30.8 Å². The van der Waals surface area contributed by atoms with E-state index in [0.29, 0.717) is 6.54 Å². The summed E-state index contributed by atoms with van der Waals surface area (Å²) in [5.41, 5.74) is 2.07. The first kappa shape index (κ1) is 14.8. The van der Waals surface area contributed by atoms with Gasteiger partial charge in [0.2, 0.25) is 0 Å². The average Bonchev–Trinajstić information content (AvgIpc) is 2.34. The predicted molar refractivity (Wildman–Crippen MR) is 76.8 cm³/mol. The summed E-state index contributed by atoms with van der Waals surface area (Å²) in [6, 6.07) is 3.90. The first-order valence-corrected chi connectivity index (χ1v) is 7.27. The zero-order chi connectivity index (χ0) is 13.4. The summed E-state index contributed by atoms with van der Waals surface area (Å²) < 4.78 is 0. The van der Waals surface area contributed by atoms with Crippen molar-refractivity contribution < 1.29 is 4.79 Å². The van der Waals surface area contributed by atoms with Gasteiger partial charge in [-0.2, -0.15) is 11.8 Å². The highest BCUT2D eigenvalue weighted by molar-refractivity contribution is 7.99. The third-order valence-electron chi connectivity index (χ3n) is 2.45. The summed E-state index contributed by atoms with van der Waals surface area (Å²) in [5.74, 6) is 2.05. The molecule has 2 amide bonds. The zero-order valence-electron chi connectivity index (χ0n) is 11.3. The van der Waals surface area contributed by atoms with Crippen LogP contribution in [0.25, 0.3) is 0 Å². The van der Waals surface area contributed by atoms with Crippen LogP contribution in [0.1, 0.15) is 18.2 Å². The van der Waals surface area contributed by atoms with Crippen molar-refractivity contribution in [3.8, 4) is 0 Å². The van der Waals surface area contributed by atoms with Crippen LogP contribution in [-0.2, 0) is 6.54 Å². The van der Waals surface area contributed by atoms with E-state index < -0.39 is 0 Å². The normalized spacial score (nSPS) is 10.2. The molecule has 1 aromatic heterocycles. The maximum absolute atomic E-state index is 11.8. The molecule has 5 heteroatoms. The third-order valence-corrected chi connectivity index (χ3v) is 3.36. The SMILES string of the molecule is CCSCCNC(=O)N(C)Cc1ccnc(C)c1. The van der Waals surface area contributed by atoms with Crippen LogP contribution < -0.4 is 5.32 Å². The Hall–Kier alpha value is -1.23. The van der Waals surface area contributed by atoms with Gasteiger partial charge in [0.1, 0.15) is 0 Å². The van der Waals surface area contributed by atoms with E-state index in [0.717, 1.165) is 29.3 Å². The van der Waals surface area contributed by atoms with Gasteiger partial charge in [-0.05, 0) is 30.4 Å². The third kappa shape index (κ3) is 5.40. The van der Waals surface area contributed by atoms with Gasteiger partial charge in [0.05, 0.1) is 0 Å². The molecule has 1 heterocycles. The van der Waals surface area contributed by atoms with Crippen LogP contribution in [0.4, 0.5) is 4.79 Å². The van der Waals surface area contributed by atoms with Crippen LogP contribution in [0.5, 0.6) is 0 Å². The summed E-state index contributed by atoms with van der Waals surface area (Å²) in [4.78, 5) is 17.6. The van der Waals surface area contributed by atoms with E-state index in [9.17, 15) is 4.79 Å². The lowest BCUT2D eigenvalue weighted by Gasteiger charge is -2.18. The van der Waals surface area contributed by atoms with Crippen LogP contribution in [-0.4, -0.2) is 41.0 Å². The fraction of sp³-hybridized carbons (Fsp3) is 0.538. The minimum absolute atomic E-state index is 0.0267. The zero-order valence-corrected chi connectivity index (χ0v) is 12.1. The lowest BCUT2D eigenvalue weighted by atomic mass is 10.2. The monoisotopic (exact) mass is 267 g/mol. The fourth-order valence-corrected chi connectivity index (χ4v) is 2.09. The number of urea groups is 1. The largest absolute Gasteiger partial charge is 0.337 e. The van der Waals surface area contributed by atoms with Crippen molar-refractivity contribution in [2.24, 2.45) is 0 Å². The van der Waals surface area contributed by atoms with Crippen molar-refractivity contribution in [2.45, 2.75) is 20.4 Å². The van der Waals surface area contributed by atoms with Gasteiger partial charge in [-0.15, -0.1) is 0 Å². The second-order valence-electron chi connectivity index (χ2n) is 4.09. The molecule has 4 nitrogen and oxygen atoms in total. The van der Waals surface area contributed by atoms with Gasteiger partial charge in [0.15, 0.2) is 0 Å². The van der Waals surface area contributed by atoms with Crippen LogP contribution in [0.3, 0.4) is 0 Å². The molecule has 0 saturated heterocycles. The molecule has 0 saturated carbocycles. The van der Waals surface area contributed by atoms with Crippen molar-refractivity contribution in [2.75, 3.05) is 25.1 Å². The smallest absolute Gasteiger partial charge is 0.317 e. The topological polar surface area (TPSA) is 45.2 Å². The van der Waals surface area contributed by atoms with E-state index in [1.165, 1.54) is 0 Å². The van der Waals surface area contributed by atoms with Crippen molar-refractivity contribution in [1.82, 2.24) is 15.2 Å². The predicted octanol–water partition coefficient (Wildman–Crippen LogP) is 2.28. The van der Waals surface area contributed by atoms with E-state index in [1.54, 1.807) is 18.1 Å². The lowest BCUT2D eigenvalue weighted by molar-refractivity contribution is 0.207. The molecule has 0 aromatic carbocycles. The van der Waals surface area contributed by atoms with Gasteiger partial charge in [-0.1, -0.05) is 6.92 Å². The number of pyridine rings is 1. The van der Waals surface area contributed by atoms with E-state index in [4.69, 9.17) is 0 Å². The van der Waals surface area contributed by atoms with Gasteiger partial charge < -0.3 is 10.2 Å². The number of carbonyl (C=O) groups is 1. The van der Waals surface area contributed by atoms with Crippen LogP contribution in [0.2, 0.25) is 0 Å². The summed E-state index contributed by atoms with van der Waals surface area (Å²) in [7, 11) is 1.80. The Kier molecular flexibility index (Phi) is 6.57. The molecule has 0 aliphatic carbocycles. The molecule has 0 radical (unpaired) electrons. The Morgan fingerprint density at radius 2 is 2.33 bits per heavy atom. The summed E-state index contributed by atoms with van der Waals surface area (Å²) in [6.07, 6.45) is 1.77. The molecule has 0 aliphatic rings. The van der Waals surface area contributed by atoms with Crippen LogP contribution >= 0.6 is 11.8 Å². The Morgan fingerprint density at radius 3 is 3.00 bits per heavy atom. The fourth-order valence-electron chi connectivity index (χ4n) is 1.56. The molecule has 0 fully saturated rings. The number of thioether (sulfide) groups is 1. The highest BCUT2D eigenvalue weighted by Gasteiger charge is 2.08. The number of hydrogen-bond acceptors (Lipinski definition) is 3. The number of rotatable bonds is 6. The highest BCUT2D eigenvalue weighted by Crippen LogP contribution is 2.04. The second kappa shape index (κ2) is 7.97. The number of aryl methyl sites for hydroxylation is 1. The number of carbonyl (C=O) groups excluding carboxylic acids is 1. The van der Waals surface area contributed by atoms with Crippen molar-refractivity contribution in [3.63, 3.8) is 0 Å². The molecule has 1 rings (SSSR count). The highest BCUT2D eigenvalue weighted by atomic mass is 32.2. The molecule has 1 N–H and O–H groups in total. The maximum atomic E-state index is 11.8. The molecule has 100 valence electrons. The number of aromatic nitrogens is 1. The van der Waals surface area contributed by atoms with E-state index in [-0.39, 0.29) is 6.03 Å². The molecule has 1 aromatic rings. The Balaban J connectivity index is 2.35. The standard InChI is InChI=1S/C13H21N3OS/c1-4-18-8-7-15-13(17)16(3)10-12-5-6-14-11(2)9-12/h5-6,9H,4,7-8,10H2,1-3H3,(H,15,17). The summed E-state index contributed by atoms with van der Waals surface area (Å²) in [5, 5.41) is 2.90. The number of nitrogens with one attached hydrogen (secondary N) is 1. The second-order valence-corrected chi connectivity index (χ2v) is 5.48. The summed E-state index contributed by atoms with van der Waals surface area (Å²) >= 11 is 1.83. The van der Waals surface area contributed by atoms with Crippen molar-refractivity contribution in [1.29, 1.82) is 0 Å². The van der Waals surface area contributed by atoms with Gasteiger partial charge in [0, 0.05) is 37.8 Å². The molecular formula is C13H21N3OS. The Morgan fingerprint density at radius 1 is 1.56 bits per heavy atom. The van der Waals surface area contributed by atoms with Gasteiger partial charge in [-0.3, -0.25) is 4.98 Å². The molecule has 18 heavy (non-hydrogen) atoms. The Labute approximate surface area is 113 Å². The minimum Gasteiger partial charge on any atom is -0.337 e. The minimum atomic E-state index is -0.0267. The van der Waals surface area contributed by atoms with Crippen molar-refractivity contribution >= 4 is 17.8 Å². The van der Waals surface area contributed by atoms with Gasteiger partial charge in [0.25, 0.3) is 0 Å². The Bertz CT molecular complexity index is 384. The number of hydrogen-bond donors (Lipinski definition) is 1. The number of nitrogens with zero attached hydrogens (tertiary/aromatic N) is 2. The van der Waals surface area contributed by atoms with Crippen LogP contribution in [0, 0.1) is 6.92 Å². The van der Waals surface area contributed by atoms with Gasteiger partial charge >= 0.3 is 6.03 Å². The van der Waals surface area contributed by atoms with Gasteiger partial charge in [-0.25, -0.2) is 4.79 Å². The molecule has 0 aliphatic heterocycles. The quantitative estimate of drug-likeness (QED) is 0.804. The number of amides is 2. The lowest BCUT2D eigenvalue weighted by Crippen LogP contribution is -2.37. The summed E-state index contributed by atoms with van der Waals surface area (Å²) in [6.45, 7) is 5.39. The average molecular weight is 267 g/mol. The first-order chi connectivity index (χ1) is 8.63. The van der Waals surface area contributed by atoms with Crippen LogP contribution in [0.15, 0.2) is 18.3 Å². The first-order valence-electron chi connectivity index (χ1n) is 6.11. The van der Waals surface area contributed by atoms with E-state index in [2.05, 4.69) is 17.2 Å². The maximum Gasteiger partial charge on any atom is 0.317 e. The van der Waals surface area contributed by atoms with E-state index >= 15 is 0 Å². The molecule has 0 atom stereocenters. The van der Waals surface area contributed by atoms with Crippen molar-refractivity contribution in [3.05, 3.63) is 29.6 Å². The molecule has 0 bridgehead atoms. The molecule has 0 spiro atoms.